The summed E-state index contributed by atoms with van der Waals surface area (Å²) in [7, 11) is 0. The highest BCUT2D eigenvalue weighted by Gasteiger charge is 2.58. The molecule has 3 N–H and O–H groups in total. The summed E-state index contributed by atoms with van der Waals surface area (Å²) >= 11 is 5.66. The van der Waals surface area contributed by atoms with E-state index in [0.29, 0.717) is 11.3 Å². The number of aliphatic hydroxyl groups excluding tert-OH is 1. The summed E-state index contributed by atoms with van der Waals surface area (Å²) in [6, 6.07) is 7.72. The molecule has 0 saturated carbocycles. The second-order valence-corrected chi connectivity index (χ2v) is 12.1. The Morgan fingerprint density at radius 1 is 1.41 bits per heavy atom. The molecule has 10 nitrogen and oxygen atoms in total. The number of esters is 1. The van der Waals surface area contributed by atoms with Crippen molar-refractivity contribution >= 4 is 30.3 Å². The molecule has 1 aromatic rings. The van der Waals surface area contributed by atoms with Gasteiger partial charge in [0.1, 0.15) is 24.0 Å². The molecule has 37 heavy (non-hydrogen) atoms. The van der Waals surface area contributed by atoms with Crippen LogP contribution in [-0.4, -0.2) is 69.8 Å². The minimum Gasteiger partial charge on any atom is -0.462 e. The maximum atomic E-state index is 12.5. The Balaban J connectivity index is 1.80. The zero-order chi connectivity index (χ0) is 27.4. The number of amides is 1. The molecule has 12 heteroatoms. The molecule has 6 atom stereocenters. The summed E-state index contributed by atoms with van der Waals surface area (Å²) in [5.74, 6) is 1.58. The highest BCUT2D eigenvalue weighted by atomic mass is 32.5. The Hall–Kier alpha value is -2.55. The molecule has 200 valence electrons. The van der Waals surface area contributed by atoms with Gasteiger partial charge in [-0.15, -0.1) is 6.42 Å². The van der Waals surface area contributed by atoms with Gasteiger partial charge < -0.3 is 28.7 Å². The largest absolute Gasteiger partial charge is 0.462 e. The molecule has 1 amide bonds. The lowest BCUT2D eigenvalue weighted by Crippen LogP contribution is -2.54. The fraction of sp³-hybridized carbons (Fsp3) is 0.440. The van der Waals surface area contributed by atoms with Gasteiger partial charge in [-0.05, 0) is 56.4 Å². The van der Waals surface area contributed by atoms with Gasteiger partial charge >= 0.3 is 12.6 Å². The molecule has 3 rings (SSSR count). The third kappa shape index (κ3) is 6.86. The fourth-order valence-corrected chi connectivity index (χ4v) is 6.08. The van der Waals surface area contributed by atoms with Crippen LogP contribution in [0.15, 0.2) is 54.8 Å². The van der Waals surface area contributed by atoms with E-state index in [1.165, 1.54) is 6.20 Å². The number of terminal acetylenes is 1. The predicted molar refractivity (Wildman–Crippen MR) is 139 cm³/mol. The van der Waals surface area contributed by atoms with Gasteiger partial charge in [-0.2, -0.15) is 0 Å². The van der Waals surface area contributed by atoms with Crippen molar-refractivity contribution in [1.29, 1.82) is 0 Å². The average Bonchev–Trinajstić information content (AvgIpc) is 3.08. The lowest BCUT2D eigenvalue weighted by atomic mass is 9.94. The summed E-state index contributed by atoms with van der Waals surface area (Å²) < 4.78 is 22.9. The molecule has 0 aromatic heterocycles. The first-order valence-corrected chi connectivity index (χ1v) is 14.2. The number of nitrogens with one attached hydrogen (secondary N) is 1. The number of para-hydroxylation sites is 1. The van der Waals surface area contributed by atoms with Crippen LogP contribution in [0.1, 0.15) is 27.2 Å². The quantitative estimate of drug-likeness (QED) is 0.226. The standard InChI is InChI=1S/C25H31N2O8PS/c1-6-25(31)22(29)20(34-24(25)27-13-12-17(4)14-21(27)28)15-32-36(37,35-19-10-8-7-9-11-19)26-18(5)23(30)33-16(2)3/h1,7-13,16,18,20,22,24,29,31H,4,14-15H2,2-3,5H3,(H,26,37)/t18-,20+,22+,24+,25+,36-/m0/s1. The molecule has 0 aliphatic carbocycles. The summed E-state index contributed by atoms with van der Waals surface area (Å²) in [5, 5.41) is 24.8. The topological polar surface area (TPSA) is 127 Å². The van der Waals surface area contributed by atoms with Crippen LogP contribution in [0, 0.1) is 12.3 Å². The molecule has 2 heterocycles. The monoisotopic (exact) mass is 550 g/mol. The van der Waals surface area contributed by atoms with E-state index in [2.05, 4.69) is 17.6 Å². The molecular weight excluding hydrogens is 519 g/mol. The lowest BCUT2D eigenvalue weighted by Gasteiger charge is -2.34. The van der Waals surface area contributed by atoms with Crippen LogP contribution >= 0.6 is 6.64 Å². The molecule has 1 saturated heterocycles. The van der Waals surface area contributed by atoms with Crippen LogP contribution in [0.4, 0.5) is 0 Å². The number of rotatable bonds is 10. The number of nitrogens with zero attached hydrogens (tertiary/aromatic N) is 1. The second-order valence-electron chi connectivity index (χ2n) is 8.93. The van der Waals surface area contributed by atoms with Crippen LogP contribution < -0.4 is 9.61 Å². The zero-order valence-corrected chi connectivity index (χ0v) is 22.5. The van der Waals surface area contributed by atoms with E-state index in [9.17, 15) is 19.8 Å². The number of carbonyl (C=O) groups is 2. The van der Waals surface area contributed by atoms with Crippen molar-refractivity contribution in [2.75, 3.05) is 6.61 Å². The highest BCUT2D eigenvalue weighted by molar-refractivity contribution is 8.09. The first-order valence-electron chi connectivity index (χ1n) is 11.6. The zero-order valence-electron chi connectivity index (χ0n) is 20.8. The highest BCUT2D eigenvalue weighted by Crippen LogP contribution is 2.46. The van der Waals surface area contributed by atoms with Crippen LogP contribution in [0.2, 0.25) is 0 Å². The maximum absolute atomic E-state index is 12.5. The first kappa shape index (κ1) is 29.0. The molecule has 1 fully saturated rings. The van der Waals surface area contributed by atoms with Crippen molar-refractivity contribution in [3.05, 3.63) is 54.8 Å². The summed E-state index contributed by atoms with van der Waals surface area (Å²) in [6.45, 7) is 4.92. The Bertz CT molecular complexity index is 1140. The van der Waals surface area contributed by atoms with Crippen molar-refractivity contribution in [2.24, 2.45) is 0 Å². The maximum Gasteiger partial charge on any atom is 0.323 e. The molecule has 2 aliphatic heterocycles. The number of hydrogen-bond donors (Lipinski definition) is 3. The number of benzene rings is 1. The Morgan fingerprint density at radius 3 is 2.68 bits per heavy atom. The Kier molecular flexibility index (Phi) is 9.32. The number of aliphatic hydroxyl groups is 2. The molecule has 2 aliphatic rings. The SMILES string of the molecule is C#C[C@@]1(O)[C@H](O)[C@@H](CO[P@@](=S)(N[C@@H](C)C(=O)OC(C)C)Oc2ccccc2)O[C@H]1N1C=CC(=C)CC1=O. The molecule has 1 aromatic carbocycles. The van der Waals surface area contributed by atoms with E-state index in [4.69, 9.17) is 36.8 Å². The third-order valence-corrected chi connectivity index (χ3v) is 8.04. The van der Waals surface area contributed by atoms with Crippen molar-refractivity contribution < 1.29 is 38.3 Å². The molecule has 0 radical (unpaired) electrons. The second kappa shape index (κ2) is 11.9. The number of allylic oxidation sites excluding steroid dienone is 1. The Morgan fingerprint density at radius 2 is 2.08 bits per heavy atom. The van der Waals surface area contributed by atoms with Gasteiger partial charge in [-0.1, -0.05) is 30.7 Å². The van der Waals surface area contributed by atoms with Crippen molar-refractivity contribution in [1.82, 2.24) is 9.99 Å². The first-order chi connectivity index (χ1) is 17.4. The van der Waals surface area contributed by atoms with E-state index in [-0.39, 0.29) is 19.1 Å². The average molecular weight is 551 g/mol. The van der Waals surface area contributed by atoms with Crippen LogP contribution in [-0.2, 0) is 35.4 Å². The number of carbonyl (C=O) groups excluding carboxylic acids is 2. The van der Waals surface area contributed by atoms with Gasteiger partial charge in [0.05, 0.1) is 19.1 Å². The van der Waals surface area contributed by atoms with E-state index in [0.717, 1.165) is 4.90 Å². The van der Waals surface area contributed by atoms with E-state index >= 15 is 0 Å². The third-order valence-electron chi connectivity index (χ3n) is 5.54. The van der Waals surface area contributed by atoms with Crippen LogP contribution in [0.25, 0.3) is 0 Å². The van der Waals surface area contributed by atoms with Crippen LogP contribution in [0.5, 0.6) is 5.75 Å². The van der Waals surface area contributed by atoms with Crippen molar-refractivity contribution in [3.63, 3.8) is 0 Å². The molecular formula is C25H31N2O8PS. The molecule has 0 bridgehead atoms. The summed E-state index contributed by atoms with van der Waals surface area (Å²) in [5.41, 5.74) is -1.64. The van der Waals surface area contributed by atoms with E-state index < -0.39 is 48.6 Å². The fourth-order valence-electron chi connectivity index (χ4n) is 3.67. The number of hydrogen-bond acceptors (Lipinski definition) is 9. The number of ether oxygens (including phenoxy) is 2. The van der Waals surface area contributed by atoms with Gasteiger partial charge in [0.25, 0.3) is 0 Å². The van der Waals surface area contributed by atoms with Crippen molar-refractivity contribution in [3.8, 4) is 18.1 Å². The predicted octanol–water partition coefficient (Wildman–Crippen LogP) is 1.99. The molecule has 0 spiro atoms. The minimum atomic E-state index is -3.44. The van der Waals surface area contributed by atoms with Gasteiger partial charge in [0.2, 0.25) is 5.91 Å². The minimum absolute atomic E-state index is 0.00821. The van der Waals surface area contributed by atoms with E-state index in [1.54, 1.807) is 57.2 Å². The van der Waals surface area contributed by atoms with Gasteiger partial charge in [-0.25, -0.2) is 5.09 Å². The summed E-state index contributed by atoms with van der Waals surface area (Å²) in [4.78, 5) is 26.1. The van der Waals surface area contributed by atoms with Gasteiger partial charge in [0.15, 0.2) is 11.8 Å². The van der Waals surface area contributed by atoms with Crippen LogP contribution in [0.3, 0.4) is 0 Å². The van der Waals surface area contributed by atoms with E-state index in [1.807, 2.05) is 0 Å². The van der Waals surface area contributed by atoms with Crippen molar-refractivity contribution in [2.45, 2.75) is 63.4 Å². The molecule has 0 unspecified atom stereocenters. The normalized spacial score (nSPS) is 28.0. The summed E-state index contributed by atoms with van der Waals surface area (Å²) in [6.07, 6.45) is 4.02. The van der Waals surface area contributed by atoms with Gasteiger partial charge in [-0.3, -0.25) is 14.5 Å². The Labute approximate surface area is 221 Å². The smallest absolute Gasteiger partial charge is 0.323 e. The lowest BCUT2D eigenvalue weighted by molar-refractivity contribution is -0.150. The van der Waals surface area contributed by atoms with Gasteiger partial charge in [0, 0.05) is 6.20 Å².